The second-order valence-electron chi connectivity index (χ2n) is 4.41. The maximum absolute atomic E-state index is 10.9. The Balaban J connectivity index is 2.02. The number of rotatable bonds is 4. The zero-order valence-corrected chi connectivity index (χ0v) is 11.7. The van der Waals surface area contributed by atoms with Crippen molar-refractivity contribution in [2.24, 2.45) is 0 Å². The molecule has 0 unspecified atom stereocenters. The second-order valence-corrected chi connectivity index (χ2v) is 5.26. The zero-order chi connectivity index (χ0) is 14.1. The molecule has 0 aliphatic heterocycles. The molecule has 0 fully saturated rings. The van der Waals surface area contributed by atoms with Crippen molar-refractivity contribution in [2.45, 2.75) is 19.9 Å². The minimum Gasteiger partial charge on any atom is -0.476 e. The molecule has 0 saturated heterocycles. The Labute approximate surface area is 119 Å². The van der Waals surface area contributed by atoms with Crippen LogP contribution in [0.3, 0.4) is 0 Å². The number of nitrogens with zero attached hydrogens (tertiary/aromatic N) is 3. The molecule has 2 aromatic heterocycles. The van der Waals surface area contributed by atoms with E-state index in [1.165, 1.54) is 0 Å². The number of carboxylic acids is 1. The summed E-state index contributed by atoms with van der Waals surface area (Å²) in [7, 11) is 0. The van der Waals surface area contributed by atoms with Crippen LogP contribution in [-0.2, 0) is 13.0 Å². The molecule has 0 amide bonds. The number of hydrogen-bond donors (Lipinski definition) is 1. The summed E-state index contributed by atoms with van der Waals surface area (Å²) in [5, 5.41) is 10.8. The fraction of sp³-hybridized carbons (Fsp3) is 0.214. The van der Waals surface area contributed by atoms with Gasteiger partial charge in [-0.05, 0) is 12.1 Å². The van der Waals surface area contributed by atoms with Crippen LogP contribution in [0.5, 0.6) is 0 Å². The standard InChI is InChI=1S/C14H13N3O2S/c1-2-12-16-10-5-3-4-6-11(10)17(12)7-9-8-20-13(15-9)14(18)19/h3-6,8H,2,7H2,1H3,(H,18,19). The van der Waals surface area contributed by atoms with Gasteiger partial charge in [0.05, 0.1) is 23.3 Å². The molecule has 0 aliphatic carbocycles. The molecule has 6 heteroatoms. The first kappa shape index (κ1) is 12.8. The SMILES string of the molecule is CCc1nc2ccccc2n1Cc1csc(C(=O)O)n1. The minimum absolute atomic E-state index is 0.127. The van der Waals surface area contributed by atoms with Crippen LogP contribution >= 0.6 is 11.3 Å². The Morgan fingerprint density at radius 3 is 2.85 bits per heavy atom. The molecular formula is C14H13N3O2S. The summed E-state index contributed by atoms with van der Waals surface area (Å²) in [5.74, 6) is 0.00327. The molecule has 1 aromatic carbocycles. The fourth-order valence-electron chi connectivity index (χ4n) is 2.21. The van der Waals surface area contributed by atoms with Crippen molar-refractivity contribution in [1.82, 2.24) is 14.5 Å². The van der Waals surface area contributed by atoms with Gasteiger partial charge in [-0.1, -0.05) is 19.1 Å². The predicted octanol–water partition coefficient (Wildman–Crippen LogP) is 2.80. The first-order valence-electron chi connectivity index (χ1n) is 6.31. The Morgan fingerprint density at radius 1 is 1.35 bits per heavy atom. The second kappa shape index (κ2) is 5.05. The Kier molecular flexibility index (Phi) is 3.23. The highest BCUT2D eigenvalue weighted by atomic mass is 32.1. The molecule has 3 rings (SSSR count). The van der Waals surface area contributed by atoms with E-state index in [1.807, 2.05) is 24.3 Å². The van der Waals surface area contributed by atoms with E-state index in [9.17, 15) is 4.79 Å². The van der Waals surface area contributed by atoms with Gasteiger partial charge in [0.15, 0.2) is 0 Å². The van der Waals surface area contributed by atoms with Gasteiger partial charge < -0.3 is 9.67 Å². The average molecular weight is 287 g/mol. The molecule has 20 heavy (non-hydrogen) atoms. The van der Waals surface area contributed by atoms with Gasteiger partial charge in [0.2, 0.25) is 5.01 Å². The maximum atomic E-state index is 10.9. The van der Waals surface area contributed by atoms with Crippen molar-refractivity contribution < 1.29 is 9.90 Å². The van der Waals surface area contributed by atoms with E-state index in [2.05, 4.69) is 21.5 Å². The van der Waals surface area contributed by atoms with E-state index in [4.69, 9.17) is 5.11 Å². The average Bonchev–Trinajstić information content (AvgIpc) is 3.04. The first-order chi connectivity index (χ1) is 9.69. The summed E-state index contributed by atoms with van der Waals surface area (Å²) in [6.45, 7) is 2.61. The predicted molar refractivity (Wildman–Crippen MR) is 77.3 cm³/mol. The number of fused-ring (bicyclic) bond motifs is 1. The van der Waals surface area contributed by atoms with E-state index in [0.29, 0.717) is 6.54 Å². The van der Waals surface area contributed by atoms with E-state index < -0.39 is 5.97 Å². The number of aromatic nitrogens is 3. The van der Waals surface area contributed by atoms with Crippen LogP contribution in [-0.4, -0.2) is 25.6 Å². The van der Waals surface area contributed by atoms with Crippen LogP contribution in [0.1, 0.15) is 28.2 Å². The summed E-state index contributed by atoms with van der Waals surface area (Å²) < 4.78 is 2.09. The van der Waals surface area contributed by atoms with Crippen molar-refractivity contribution in [3.63, 3.8) is 0 Å². The monoisotopic (exact) mass is 287 g/mol. The fourth-order valence-corrected chi connectivity index (χ4v) is 2.86. The molecule has 0 spiro atoms. The number of imidazole rings is 1. The summed E-state index contributed by atoms with van der Waals surface area (Å²) >= 11 is 1.15. The van der Waals surface area contributed by atoms with Gasteiger partial charge in [0.25, 0.3) is 0 Å². The molecule has 0 bridgehead atoms. The molecule has 0 radical (unpaired) electrons. The number of benzene rings is 1. The van der Waals surface area contributed by atoms with Crippen LogP contribution in [0, 0.1) is 0 Å². The molecule has 5 nitrogen and oxygen atoms in total. The third kappa shape index (κ3) is 2.18. The highest BCUT2D eigenvalue weighted by Crippen LogP contribution is 2.19. The van der Waals surface area contributed by atoms with Gasteiger partial charge in [-0.3, -0.25) is 0 Å². The summed E-state index contributed by atoms with van der Waals surface area (Å²) in [6.07, 6.45) is 0.824. The molecule has 1 N–H and O–H groups in total. The lowest BCUT2D eigenvalue weighted by atomic mass is 10.3. The zero-order valence-electron chi connectivity index (χ0n) is 10.9. The van der Waals surface area contributed by atoms with E-state index in [0.717, 1.165) is 40.3 Å². The number of aromatic carboxylic acids is 1. The Hall–Kier alpha value is -2.21. The van der Waals surface area contributed by atoms with Crippen LogP contribution in [0.25, 0.3) is 11.0 Å². The first-order valence-corrected chi connectivity index (χ1v) is 7.19. The van der Waals surface area contributed by atoms with Crippen LogP contribution < -0.4 is 0 Å². The van der Waals surface area contributed by atoms with Crippen LogP contribution in [0.4, 0.5) is 0 Å². The maximum Gasteiger partial charge on any atom is 0.365 e. The molecule has 102 valence electrons. The number of carboxylic acid groups (broad SMARTS) is 1. The summed E-state index contributed by atoms with van der Waals surface area (Å²) in [4.78, 5) is 19.6. The lowest BCUT2D eigenvalue weighted by Gasteiger charge is -2.05. The van der Waals surface area contributed by atoms with Crippen molar-refractivity contribution in [1.29, 1.82) is 0 Å². The van der Waals surface area contributed by atoms with Gasteiger partial charge in [0, 0.05) is 11.8 Å². The number of aryl methyl sites for hydroxylation is 1. The Bertz CT molecular complexity index is 776. The van der Waals surface area contributed by atoms with E-state index in [1.54, 1.807) is 5.38 Å². The van der Waals surface area contributed by atoms with Crippen molar-refractivity contribution in [3.8, 4) is 0 Å². The molecule has 0 saturated carbocycles. The number of carbonyl (C=O) groups is 1. The number of para-hydroxylation sites is 2. The number of hydrogen-bond acceptors (Lipinski definition) is 4. The van der Waals surface area contributed by atoms with Crippen molar-refractivity contribution in [2.75, 3.05) is 0 Å². The minimum atomic E-state index is -0.979. The Morgan fingerprint density at radius 2 is 2.15 bits per heavy atom. The normalized spacial score (nSPS) is 11.1. The lowest BCUT2D eigenvalue weighted by Crippen LogP contribution is -2.05. The quantitative estimate of drug-likeness (QED) is 0.801. The van der Waals surface area contributed by atoms with Crippen molar-refractivity contribution >= 4 is 28.3 Å². The van der Waals surface area contributed by atoms with Crippen molar-refractivity contribution in [3.05, 3.63) is 46.2 Å². The van der Waals surface area contributed by atoms with Gasteiger partial charge in [-0.25, -0.2) is 14.8 Å². The summed E-state index contributed by atoms with van der Waals surface area (Å²) in [6, 6.07) is 7.94. The smallest absolute Gasteiger partial charge is 0.365 e. The van der Waals surface area contributed by atoms with E-state index in [-0.39, 0.29) is 5.01 Å². The van der Waals surface area contributed by atoms with Crippen LogP contribution in [0.15, 0.2) is 29.6 Å². The lowest BCUT2D eigenvalue weighted by molar-refractivity contribution is 0.0696. The van der Waals surface area contributed by atoms with Gasteiger partial charge in [0.1, 0.15) is 5.82 Å². The highest BCUT2D eigenvalue weighted by Gasteiger charge is 2.13. The van der Waals surface area contributed by atoms with Gasteiger partial charge in [-0.2, -0.15) is 0 Å². The molecule has 3 aromatic rings. The third-order valence-corrected chi connectivity index (χ3v) is 3.98. The molecule has 2 heterocycles. The molecule has 0 atom stereocenters. The third-order valence-electron chi connectivity index (χ3n) is 3.10. The largest absolute Gasteiger partial charge is 0.476 e. The van der Waals surface area contributed by atoms with E-state index >= 15 is 0 Å². The topological polar surface area (TPSA) is 68.0 Å². The molecular weight excluding hydrogens is 274 g/mol. The van der Waals surface area contributed by atoms with Crippen LogP contribution in [0.2, 0.25) is 0 Å². The summed E-state index contributed by atoms with van der Waals surface area (Å²) in [5.41, 5.74) is 2.76. The highest BCUT2D eigenvalue weighted by molar-refractivity contribution is 7.11. The van der Waals surface area contributed by atoms with Gasteiger partial charge >= 0.3 is 5.97 Å². The number of thiazole rings is 1. The molecule has 0 aliphatic rings. The van der Waals surface area contributed by atoms with Gasteiger partial charge in [-0.15, -0.1) is 11.3 Å².